The third-order valence-corrected chi connectivity index (χ3v) is 2.21. The molecule has 3 nitrogen and oxygen atoms in total. The van der Waals surface area contributed by atoms with Crippen molar-refractivity contribution in [3.63, 3.8) is 0 Å². The first-order chi connectivity index (χ1) is 5.70. The van der Waals surface area contributed by atoms with Gasteiger partial charge in [-0.05, 0) is 12.3 Å². The van der Waals surface area contributed by atoms with E-state index in [9.17, 15) is 0 Å². The standard InChI is InChI=1S/C7H11ClN2OS/c1-5(2)3-4-11-7-6(8)9-12-10-7/h5H,3-4H2,1-2H3. The zero-order valence-corrected chi connectivity index (χ0v) is 8.65. The lowest BCUT2D eigenvalue weighted by atomic mass is 10.1. The van der Waals surface area contributed by atoms with E-state index in [1.54, 1.807) is 0 Å². The largest absolute Gasteiger partial charge is 0.475 e. The van der Waals surface area contributed by atoms with E-state index in [0.717, 1.165) is 18.1 Å². The molecule has 68 valence electrons. The van der Waals surface area contributed by atoms with Crippen molar-refractivity contribution >= 4 is 23.3 Å². The summed E-state index contributed by atoms with van der Waals surface area (Å²) in [5.74, 6) is 1.10. The molecule has 0 radical (unpaired) electrons. The van der Waals surface area contributed by atoms with Crippen LogP contribution in [0.25, 0.3) is 0 Å². The number of aromatic nitrogens is 2. The second-order valence-electron chi connectivity index (χ2n) is 2.89. The summed E-state index contributed by atoms with van der Waals surface area (Å²) in [6.45, 7) is 4.94. The van der Waals surface area contributed by atoms with E-state index in [1.807, 2.05) is 0 Å². The summed E-state index contributed by atoms with van der Waals surface area (Å²) in [5, 5.41) is 0.365. The highest BCUT2D eigenvalue weighted by atomic mass is 35.5. The molecule has 0 amide bonds. The molecule has 0 N–H and O–H groups in total. The fourth-order valence-electron chi connectivity index (χ4n) is 0.647. The number of halogens is 1. The van der Waals surface area contributed by atoms with Crippen LogP contribution in [0.1, 0.15) is 20.3 Å². The van der Waals surface area contributed by atoms with Crippen LogP contribution in [0.4, 0.5) is 0 Å². The lowest BCUT2D eigenvalue weighted by molar-refractivity contribution is 0.282. The van der Waals surface area contributed by atoms with Gasteiger partial charge in [0.1, 0.15) is 0 Å². The first kappa shape index (κ1) is 9.74. The van der Waals surface area contributed by atoms with Crippen LogP contribution in [0.15, 0.2) is 0 Å². The van der Waals surface area contributed by atoms with Crippen LogP contribution in [0.3, 0.4) is 0 Å². The average Bonchev–Trinajstić information content (AvgIpc) is 2.36. The molecule has 12 heavy (non-hydrogen) atoms. The molecule has 0 spiro atoms. The fraction of sp³-hybridized carbons (Fsp3) is 0.714. The summed E-state index contributed by atoms with van der Waals surface area (Å²) in [6, 6.07) is 0. The smallest absolute Gasteiger partial charge is 0.265 e. The lowest BCUT2D eigenvalue weighted by Gasteiger charge is -2.04. The predicted molar refractivity (Wildman–Crippen MR) is 49.9 cm³/mol. The Morgan fingerprint density at radius 1 is 1.50 bits per heavy atom. The first-order valence-electron chi connectivity index (χ1n) is 3.81. The predicted octanol–water partition coefficient (Wildman–Crippen LogP) is 2.62. The third-order valence-electron chi connectivity index (χ3n) is 1.36. The Labute approximate surface area is 81.0 Å². The van der Waals surface area contributed by atoms with Crippen molar-refractivity contribution in [2.75, 3.05) is 6.61 Å². The van der Waals surface area contributed by atoms with E-state index < -0.39 is 0 Å². The Bertz CT molecular complexity index is 239. The molecule has 1 heterocycles. The molecule has 0 fully saturated rings. The van der Waals surface area contributed by atoms with Crippen molar-refractivity contribution in [2.45, 2.75) is 20.3 Å². The number of ether oxygens (including phenoxy) is 1. The highest BCUT2D eigenvalue weighted by Crippen LogP contribution is 2.20. The molecule has 0 saturated carbocycles. The highest BCUT2D eigenvalue weighted by Gasteiger charge is 2.05. The Hall–Kier alpha value is -0.350. The van der Waals surface area contributed by atoms with Crippen LogP contribution >= 0.6 is 23.3 Å². The van der Waals surface area contributed by atoms with Gasteiger partial charge in [0.15, 0.2) is 0 Å². The highest BCUT2D eigenvalue weighted by molar-refractivity contribution is 6.99. The molecule has 1 rings (SSSR count). The van der Waals surface area contributed by atoms with Crippen LogP contribution in [-0.2, 0) is 0 Å². The van der Waals surface area contributed by atoms with Crippen molar-refractivity contribution < 1.29 is 4.74 Å². The van der Waals surface area contributed by atoms with Crippen LogP contribution in [-0.4, -0.2) is 15.4 Å². The van der Waals surface area contributed by atoms with Gasteiger partial charge >= 0.3 is 0 Å². The van der Waals surface area contributed by atoms with Crippen molar-refractivity contribution in [1.82, 2.24) is 8.75 Å². The van der Waals surface area contributed by atoms with E-state index >= 15 is 0 Å². The molecular weight excluding hydrogens is 196 g/mol. The summed E-state index contributed by atoms with van der Waals surface area (Å²) in [5.41, 5.74) is 0. The molecule has 0 saturated heterocycles. The van der Waals surface area contributed by atoms with Gasteiger partial charge in [-0.1, -0.05) is 25.4 Å². The average molecular weight is 207 g/mol. The zero-order chi connectivity index (χ0) is 8.97. The van der Waals surface area contributed by atoms with E-state index in [4.69, 9.17) is 16.3 Å². The van der Waals surface area contributed by atoms with Gasteiger partial charge in [0.25, 0.3) is 5.88 Å². The van der Waals surface area contributed by atoms with Crippen molar-refractivity contribution in [3.05, 3.63) is 5.15 Å². The maximum Gasteiger partial charge on any atom is 0.265 e. The van der Waals surface area contributed by atoms with Crippen molar-refractivity contribution in [3.8, 4) is 5.88 Å². The monoisotopic (exact) mass is 206 g/mol. The molecule has 0 unspecified atom stereocenters. The topological polar surface area (TPSA) is 35.0 Å². The molecule has 0 aromatic carbocycles. The lowest BCUT2D eigenvalue weighted by Crippen LogP contribution is -2.01. The minimum Gasteiger partial charge on any atom is -0.475 e. The van der Waals surface area contributed by atoms with Crippen LogP contribution in [0.5, 0.6) is 5.88 Å². The van der Waals surface area contributed by atoms with Gasteiger partial charge in [-0.25, -0.2) is 0 Å². The zero-order valence-electron chi connectivity index (χ0n) is 7.08. The van der Waals surface area contributed by atoms with Crippen LogP contribution < -0.4 is 4.74 Å². The number of rotatable bonds is 4. The Morgan fingerprint density at radius 2 is 2.25 bits per heavy atom. The third kappa shape index (κ3) is 2.95. The quantitative estimate of drug-likeness (QED) is 0.760. The SMILES string of the molecule is CC(C)CCOc1nsnc1Cl. The van der Waals surface area contributed by atoms with Crippen LogP contribution in [0.2, 0.25) is 5.15 Å². The van der Waals surface area contributed by atoms with Gasteiger partial charge in [-0.2, -0.15) is 4.37 Å². The van der Waals surface area contributed by atoms with Crippen molar-refractivity contribution in [1.29, 1.82) is 0 Å². The van der Waals surface area contributed by atoms with Gasteiger partial charge in [-0.3, -0.25) is 0 Å². The minimum atomic E-state index is 0.365. The number of hydrogen-bond acceptors (Lipinski definition) is 4. The maximum absolute atomic E-state index is 5.67. The van der Waals surface area contributed by atoms with Crippen LogP contribution in [0, 0.1) is 5.92 Å². The number of nitrogens with zero attached hydrogens (tertiary/aromatic N) is 2. The molecule has 1 aromatic heterocycles. The van der Waals surface area contributed by atoms with Gasteiger partial charge in [0, 0.05) is 0 Å². The summed E-state index contributed by atoms with van der Waals surface area (Å²) in [7, 11) is 0. The summed E-state index contributed by atoms with van der Waals surface area (Å²) >= 11 is 6.74. The Morgan fingerprint density at radius 3 is 2.75 bits per heavy atom. The molecule has 0 aliphatic rings. The molecule has 0 atom stereocenters. The summed E-state index contributed by atoms with van der Waals surface area (Å²) in [6.07, 6.45) is 1.01. The normalized spacial score (nSPS) is 10.7. The molecule has 5 heteroatoms. The second-order valence-corrected chi connectivity index (χ2v) is 3.78. The van der Waals surface area contributed by atoms with E-state index in [0.29, 0.717) is 23.6 Å². The fourth-order valence-corrected chi connectivity index (χ4v) is 1.29. The number of hydrogen-bond donors (Lipinski definition) is 0. The van der Waals surface area contributed by atoms with Gasteiger partial charge in [-0.15, -0.1) is 4.37 Å². The van der Waals surface area contributed by atoms with E-state index in [-0.39, 0.29) is 0 Å². The maximum atomic E-state index is 5.67. The summed E-state index contributed by atoms with van der Waals surface area (Å²) in [4.78, 5) is 0. The van der Waals surface area contributed by atoms with Gasteiger partial charge < -0.3 is 4.74 Å². The molecule has 0 bridgehead atoms. The molecular formula is C7H11ClN2OS. The summed E-state index contributed by atoms with van der Waals surface area (Å²) < 4.78 is 13.0. The van der Waals surface area contributed by atoms with Gasteiger partial charge in [0.05, 0.1) is 18.3 Å². The Balaban J connectivity index is 2.29. The van der Waals surface area contributed by atoms with E-state index in [2.05, 4.69) is 22.6 Å². The Kier molecular flexibility index (Phi) is 3.75. The first-order valence-corrected chi connectivity index (χ1v) is 4.92. The van der Waals surface area contributed by atoms with Gasteiger partial charge in [0.2, 0.25) is 5.15 Å². The molecule has 0 aliphatic heterocycles. The minimum absolute atomic E-state index is 0.365. The second kappa shape index (κ2) is 4.62. The molecule has 0 aliphatic carbocycles. The van der Waals surface area contributed by atoms with Crippen molar-refractivity contribution in [2.24, 2.45) is 5.92 Å². The van der Waals surface area contributed by atoms with E-state index in [1.165, 1.54) is 0 Å². The molecule has 1 aromatic rings.